The quantitative estimate of drug-likeness (QED) is 0.611. The lowest BCUT2D eigenvalue weighted by Crippen LogP contribution is -2.03. The molecule has 0 amide bonds. The molecule has 74 valence electrons. The van der Waals surface area contributed by atoms with Crippen LogP contribution in [-0.4, -0.2) is 0 Å². The van der Waals surface area contributed by atoms with Crippen molar-refractivity contribution in [1.82, 2.24) is 0 Å². The second-order valence-electron chi connectivity index (χ2n) is 2.04. The van der Waals surface area contributed by atoms with Gasteiger partial charge in [0.05, 0.1) is 5.56 Å². The van der Waals surface area contributed by atoms with Crippen molar-refractivity contribution >= 4 is 12.6 Å². The number of benzene rings is 1. The van der Waals surface area contributed by atoms with Crippen LogP contribution < -0.4 is 0 Å². The second kappa shape index (κ2) is 5.17. The Kier molecular flexibility index (Phi) is 4.91. The van der Waals surface area contributed by atoms with Gasteiger partial charge in [0.15, 0.2) is 0 Å². The van der Waals surface area contributed by atoms with Gasteiger partial charge >= 0.3 is 6.18 Å². The summed E-state index contributed by atoms with van der Waals surface area (Å²) in [7, 11) is 0. The number of alkyl halides is 3. The summed E-state index contributed by atoms with van der Waals surface area (Å²) in [5.41, 5.74) is -0.643. The van der Waals surface area contributed by atoms with Crippen LogP contribution in [0.2, 0.25) is 0 Å². The van der Waals surface area contributed by atoms with E-state index in [0.29, 0.717) is 4.90 Å². The van der Waals surface area contributed by atoms with E-state index in [0.717, 1.165) is 12.1 Å². The average Bonchev–Trinajstić information content (AvgIpc) is 2.07. The number of hydrogen-bond donors (Lipinski definition) is 1. The highest BCUT2D eigenvalue weighted by molar-refractivity contribution is 7.80. The molecule has 0 unspecified atom stereocenters. The van der Waals surface area contributed by atoms with Crippen LogP contribution in [-0.2, 0) is 6.18 Å². The summed E-state index contributed by atoms with van der Waals surface area (Å²) < 4.78 is 35.7. The predicted octanol–water partition coefficient (Wildman–Crippen LogP) is 4.02. The van der Waals surface area contributed by atoms with Crippen molar-refractivity contribution in [2.24, 2.45) is 0 Å². The minimum absolute atomic E-state index is 0.526. The Hall–Kier alpha value is -0.640. The molecule has 0 saturated carbocycles. The lowest BCUT2D eigenvalue weighted by atomic mass is 10.2. The molecule has 0 aromatic heterocycles. The molecule has 1 aromatic rings. The zero-order valence-electron chi connectivity index (χ0n) is 7.39. The molecule has 1 aromatic carbocycles. The van der Waals surface area contributed by atoms with Gasteiger partial charge in [-0.2, -0.15) is 13.2 Å². The number of thiol groups is 1. The maximum Gasteiger partial charge on any atom is 0.416 e. The van der Waals surface area contributed by atoms with Gasteiger partial charge in [-0.15, -0.1) is 12.6 Å². The Morgan fingerprint density at radius 1 is 1.00 bits per heavy atom. The van der Waals surface area contributed by atoms with Crippen molar-refractivity contribution in [3.8, 4) is 0 Å². The zero-order valence-corrected chi connectivity index (χ0v) is 8.28. The average molecular weight is 208 g/mol. The molecule has 1 rings (SSSR count). The largest absolute Gasteiger partial charge is 0.416 e. The van der Waals surface area contributed by atoms with Crippen molar-refractivity contribution in [2.75, 3.05) is 0 Å². The fourth-order valence-corrected chi connectivity index (χ4v) is 0.799. The third kappa shape index (κ3) is 4.22. The summed E-state index contributed by atoms with van der Waals surface area (Å²) >= 11 is 3.86. The Labute approximate surface area is 81.2 Å². The van der Waals surface area contributed by atoms with E-state index in [1.54, 1.807) is 0 Å². The van der Waals surface area contributed by atoms with Crippen LogP contribution in [0.3, 0.4) is 0 Å². The summed E-state index contributed by atoms with van der Waals surface area (Å²) in [4.78, 5) is 0.526. The molecule has 0 heterocycles. The van der Waals surface area contributed by atoms with Gasteiger partial charge in [0.25, 0.3) is 0 Å². The van der Waals surface area contributed by atoms with Crippen molar-refractivity contribution in [2.45, 2.75) is 24.9 Å². The van der Waals surface area contributed by atoms with Crippen LogP contribution in [0.1, 0.15) is 19.4 Å². The highest BCUT2D eigenvalue weighted by Gasteiger charge is 2.29. The first-order chi connectivity index (χ1) is 6.00. The first-order valence-corrected chi connectivity index (χ1v) is 4.31. The van der Waals surface area contributed by atoms with E-state index in [9.17, 15) is 13.2 Å². The third-order valence-corrected chi connectivity index (χ3v) is 1.49. The van der Waals surface area contributed by atoms with Gasteiger partial charge in [-0.1, -0.05) is 13.8 Å². The van der Waals surface area contributed by atoms with Gasteiger partial charge in [0.1, 0.15) is 0 Å². The van der Waals surface area contributed by atoms with Gasteiger partial charge in [0.2, 0.25) is 0 Å². The summed E-state index contributed by atoms with van der Waals surface area (Å²) in [5.74, 6) is 0. The van der Waals surface area contributed by atoms with E-state index in [-0.39, 0.29) is 0 Å². The summed E-state index contributed by atoms with van der Waals surface area (Å²) in [6.07, 6.45) is -4.25. The summed E-state index contributed by atoms with van der Waals surface area (Å²) in [6, 6.07) is 4.63. The molecule has 0 radical (unpaired) electrons. The molecular formula is C9H11F3S. The number of rotatable bonds is 0. The monoisotopic (exact) mass is 208 g/mol. The van der Waals surface area contributed by atoms with E-state index in [4.69, 9.17) is 0 Å². The number of hydrogen-bond acceptors (Lipinski definition) is 1. The molecule has 0 aliphatic rings. The third-order valence-electron chi connectivity index (χ3n) is 1.19. The van der Waals surface area contributed by atoms with Gasteiger partial charge in [-0.05, 0) is 24.3 Å². The molecular weight excluding hydrogens is 197 g/mol. The molecule has 4 heteroatoms. The number of halogens is 3. The summed E-state index contributed by atoms with van der Waals surface area (Å²) in [6.45, 7) is 4.00. The van der Waals surface area contributed by atoms with Gasteiger partial charge in [0, 0.05) is 4.90 Å². The maximum atomic E-state index is 11.9. The van der Waals surface area contributed by atoms with E-state index >= 15 is 0 Å². The zero-order chi connectivity index (χ0) is 10.5. The lowest BCUT2D eigenvalue weighted by Gasteiger charge is -2.05. The molecule has 13 heavy (non-hydrogen) atoms. The fraction of sp³-hybridized carbons (Fsp3) is 0.333. The maximum absolute atomic E-state index is 11.9. The van der Waals surface area contributed by atoms with E-state index in [1.807, 2.05) is 13.8 Å². The van der Waals surface area contributed by atoms with E-state index in [1.165, 1.54) is 12.1 Å². The molecule has 0 aliphatic carbocycles. The first-order valence-electron chi connectivity index (χ1n) is 3.86. The highest BCUT2D eigenvalue weighted by Crippen LogP contribution is 2.29. The molecule has 0 aliphatic heterocycles. The molecule has 0 saturated heterocycles. The summed E-state index contributed by atoms with van der Waals surface area (Å²) in [5, 5.41) is 0. The van der Waals surface area contributed by atoms with Gasteiger partial charge in [-0.3, -0.25) is 0 Å². The molecule has 0 nitrogen and oxygen atoms in total. The van der Waals surface area contributed by atoms with Gasteiger partial charge < -0.3 is 0 Å². The second-order valence-corrected chi connectivity index (χ2v) is 2.56. The Morgan fingerprint density at radius 2 is 1.38 bits per heavy atom. The topological polar surface area (TPSA) is 0 Å². The minimum Gasteiger partial charge on any atom is -0.166 e. The fourth-order valence-electron chi connectivity index (χ4n) is 0.650. The van der Waals surface area contributed by atoms with Crippen LogP contribution in [0.4, 0.5) is 13.2 Å². The minimum atomic E-state index is -4.25. The van der Waals surface area contributed by atoms with Crippen LogP contribution in [0.15, 0.2) is 29.2 Å². The molecule has 0 atom stereocenters. The molecule has 0 bridgehead atoms. The van der Waals surface area contributed by atoms with Crippen LogP contribution >= 0.6 is 12.6 Å². The van der Waals surface area contributed by atoms with E-state index < -0.39 is 11.7 Å². The molecule has 0 spiro atoms. The van der Waals surface area contributed by atoms with Gasteiger partial charge in [-0.25, -0.2) is 0 Å². The Bertz CT molecular complexity index is 238. The van der Waals surface area contributed by atoms with Crippen LogP contribution in [0.25, 0.3) is 0 Å². The van der Waals surface area contributed by atoms with E-state index in [2.05, 4.69) is 12.6 Å². The highest BCUT2D eigenvalue weighted by atomic mass is 32.1. The van der Waals surface area contributed by atoms with Crippen LogP contribution in [0, 0.1) is 0 Å². The first kappa shape index (κ1) is 12.4. The van der Waals surface area contributed by atoms with Crippen molar-refractivity contribution in [1.29, 1.82) is 0 Å². The van der Waals surface area contributed by atoms with Crippen molar-refractivity contribution in [3.63, 3.8) is 0 Å². The smallest absolute Gasteiger partial charge is 0.166 e. The normalized spacial score (nSPS) is 10.3. The Balaban J connectivity index is 0.000000671. The van der Waals surface area contributed by atoms with Crippen molar-refractivity contribution < 1.29 is 13.2 Å². The SMILES string of the molecule is CC.FC(F)(F)c1ccc(S)cc1. The van der Waals surface area contributed by atoms with Crippen molar-refractivity contribution in [3.05, 3.63) is 29.8 Å². The lowest BCUT2D eigenvalue weighted by molar-refractivity contribution is -0.137. The Morgan fingerprint density at radius 3 is 1.69 bits per heavy atom. The predicted molar refractivity (Wildman–Crippen MR) is 50.0 cm³/mol. The molecule has 0 fully saturated rings. The standard InChI is InChI=1S/C7H5F3S.C2H6/c8-7(9,10)5-1-3-6(11)4-2-5;1-2/h1-4,11H;1-2H3. The molecule has 0 N–H and O–H groups in total. The van der Waals surface area contributed by atoms with Crippen LogP contribution in [0.5, 0.6) is 0 Å².